The lowest BCUT2D eigenvalue weighted by Crippen LogP contribution is -2.26. The molecule has 1 aromatic carbocycles. The summed E-state index contributed by atoms with van der Waals surface area (Å²) in [5.41, 5.74) is 1.33. The maximum absolute atomic E-state index is 13.0. The topological polar surface area (TPSA) is 138 Å². The average Bonchev–Trinajstić information content (AvgIpc) is 3.59. The van der Waals surface area contributed by atoms with E-state index in [1.165, 1.54) is 18.4 Å². The van der Waals surface area contributed by atoms with E-state index in [0.29, 0.717) is 13.1 Å². The number of fused-ring (bicyclic) bond motifs is 1. The molecule has 0 spiro atoms. The minimum Gasteiger partial charge on any atom is -0.412 e. The van der Waals surface area contributed by atoms with E-state index in [4.69, 9.17) is 0 Å². The van der Waals surface area contributed by atoms with Crippen LogP contribution in [0.2, 0.25) is 0 Å². The zero-order chi connectivity index (χ0) is 25.3. The Kier molecular flexibility index (Phi) is 12.8. The number of unbranched alkanes of at least 4 members (excludes halogenated alkanes) is 1. The Bertz CT molecular complexity index is 1260. The molecule has 0 radical (unpaired) electrons. The molecule has 0 bridgehead atoms. The summed E-state index contributed by atoms with van der Waals surface area (Å²) in [5, 5.41) is 0.823. The number of hydrogen-bond donors (Lipinski definition) is 1. The van der Waals surface area contributed by atoms with Crippen molar-refractivity contribution in [3.8, 4) is 0 Å². The number of nitrogens with zero attached hydrogens (tertiary/aromatic N) is 6. The first kappa shape index (κ1) is 31.4. The fourth-order valence-corrected chi connectivity index (χ4v) is 5.79. The van der Waals surface area contributed by atoms with E-state index in [1.54, 1.807) is 17.7 Å². The van der Waals surface area contributed by atoms with E-state index in [9.17, 15) is 4.79 Å². The van der Waals surface area contributed by atoms with Crippen molar-refractivity contribution in [2.75, 3.05) is 19.6 Å². The number of aromatic amines is 1. The summed E-state index contributed by atoms with van der Waals surface area (Å²) >= 11 is 1.59. The zero-order valence-electron chi connectivity index (χ0n) is 22.8. The molecule has 210 valence electrons. The zero-order valence-corrected chi connectivity index (χ0v) is 23.6. The van der Waals surface area contributed by atoms with Crippen LogP contribution in [-0.2, 0) is 33.2 Å². The van der Waals surface area contributed by atoms with Crippen molar-refractivity contribution in [3.05, 3.63) is 70.6 Å². The highest BCUT2D eigenvalue weighted by Gasteiger charge is 2.14. The summed E-state index contributed by atoms with van der Waals surface area (Å²) in [7, 11) is 2.02. The summed E-state index contributed by atoms with van der Waals surface area (Å²) in [6, 6.07) is 6.26. The van der Waals surface area contributed by atoms with E-state index in [1.807, 2.05) is 40.2 Å². The van der Waals surface area contributed by atoms with Crippen LogP contribution in [0.4, 0.5) is 0 Å². The van der Waals surface area contributed by atoms with Crippen LogP contribution in [0.3, 0.4) is 0 Å². The minimum absolute atomic E-state index is 0. The Balaban J connectivity index is 0.00000253. The standard InChI is InChI=1S/C27H39N7OS.2H2O/c1-4-13-32(14-5-2)15-6-7-16-34-27(35)23-9-8-22(18-24(23)36-34)19-33(20-25-28-10-11-29-25)21-26-30-12-17-31(26)3;;/h8-12,17-18H,4-7,13-16,19-21H2,1-3H3,(H,28,29);2*1H2. The Morgan fingerprint density at radius 1 is 0.947 bits per heavy atom. The third-order valence-corrected chi connectivity index (χ3v) is 7.60. The highest BCUT2D eigenvalue weighted by atomic mass is 32.1. The van der Waals surface area contributed by atoms with Gasteiger partial charge in [0.05, 0.1) is 23.2 Å². The van der Waals surface area contributed by atoms with Crippen LogP contribution >= 0.6 is 11.5 Å². The molecule has 0 amide bonds. The third-order valence-electron chi connectivity index (χ3n) is 6.50. The van der Waals surface area contributed by atoms with Gasteiger partial charge in [0.1, 0.15) is 11.6 Å². The van der Waals surface area contributed by atoms with Gasteiger partial charge in [-0.05, 0) is 63.0 Å². The second kappa shape index (κ2) is 15.6. The van der Waals surface area contributed by atoms with Gasteiger partial charge in [-0.2, -0.15) is 0 Å². The minimum atomic E-state index is 0. The van der Waals surface area contributed by atoms with Crippen molar-refractivity contribution in [2.24, 2.45) is 7.05 Å². The van der Waals surface area contributed by atoms with Crippen molar-refractivity contribution in [2.45, 2.75) is 65.7 Å². The number of imidazole rings is 2. The normalized spacial score (nSPS) is 11.3. The summed E-state index contributed by atoms with van der Waals surface area (Å²) < 4.78 is 5.05. The van der Waals surface area contributed by atoms with Crippen molar-refractivity contribution in [1.82, 2.24) is 33.3 Å². The molecular formula is C27H43N7O3S. The predicted octanol–water partition coefficient (Wildman–Crippen LogP) is 2.97. The number of aromatic nitrogens is 5. The van der Waals surface area contributed by atoms with Crippen LogP contribution in [0.1, 0.15) is 56.7 Å². The Morgan fingerprint density at radius 3 is 2.39 bits per heavy atom. The first-order chi connectivity index (χ1) is 17.6. The molecule has 3 aromatic heterocycles. The van der Waals surface area contributed by atoms with Gasteiger partial charge in [-0.1, -0.05) is 31.4 Å². The maximum atomic E-state index is 13.0. The second-order valence-electron chi connectivity index (χ2n) is 9.51. The monoisotopic (exact) mass is 545 g/mol. The smallest absolute Gasteiger partial charge is 0.268 e. The lowest BCUT2D eigenvalue weighted by molar-refractivity contribution is 0.233. The fraction of sp³-hybridized carbons (Fsp3) is 0.519. The van der Waals surface area contributed by atoms with Crippen LogP contribution in [0, 0.1) is 0 Å². The van der Waals surface area contributed by atoms with Gasteiger partial charge in [0, 0.05) is 44.9 Å². The molecule has 0 saturated carbocycles. The highest BCUT2D eigenvalue weighted by Crippen LogP contribution is 2.21. The molecule has 5 N–H and O–H groups in total. The molecule has 0 unspecified atom stereocenters. The van der Waals surface area contributed by atoms with Crippen LogP contribution < -0.4 is 5.56 Å². The summed E-state index contributed by atoms with van der Waals surface area (Å²) in [4.78, 5) is 30.0. The number of nitrogens with one attached hydrogen (secondary N) is 1. The Hall–Kier alpha value is -2.83. The predicted molar refractivity (Wildman–Crippen MR) is 154 cm³/mol. The molecule has 10 nitrogen and oxygen atoms in total. The van der Waals surface area contributed by atoms with E-state index in [-0.39, 0.29) is 16.5 Å². The molecule has 0 aliphatic rings. The van der Waals surface area contributed by atoms with E-state index < -0.39 is 0 Å². The van der Waals surface area contributed by atoms with Gasteiger partial charge in [-0.15, -0.1) is 0 Å². The van der Waals surface area contributed by atoms with Crippen LogP contribution in [0.15, 0.2) is 47.8 Å². The Labute approximate surface area is 228 Å². The SMILES string of the molecule is CCCN(CCC)CCCCn1sc2cc(CN(Cc3ncc[nH]3)Cc3nccn3C)ccc2c1=O.O.O. The Morgan fingerprint density at radius 2 is 1.74 bits per heavy atom. The molecule has 0 aliphatic heterocycles. The first-order valence-corrected chi connectivity index (χ1v) is 13.9. The van der Waals surface area contributed by atoms with Crippen molar-refractivity contribution in [3.63, 3.8) is 0 Å². The van der Waals surface area contributed by atoms with Crippen molar-refractivity contribution < 1.29 is 11.0 Å². The van der Waals surface area contributed by atoms with Gasteiger partial charge in [-0.3, -0.25) is 13.7 Å². The quantitative estimate of drug-likeness (QED) is 0.229. The lowest BCUT2D eigenvalue weighted by atomic mass is 10.1. The molecule has 0 aliphatic carbocycles. The summed E-state index contributed by atoms with van der Waals surface area (Å²) in [5.74, 6) is 1.94. The summed E-state index contributed by atoms with van der Waals surface area (Å²) in [6.45, 7) is 10.9. The first-order valence-electron chi connectivity index (χ1n) is 13.1. The molecule has 0 fully saturated rings. The van der Waals surface area contributed by atoms with Crippen LogP contribution in [0.5, 0.6) is 0 Å². The van der Waals surface area contributed by atoms with Crippen LogP contribution in [-0.4, -0.2) is 63.9 Å². The number of rotatable bonds is 15. The van der Waals surface area contributed by atoms with Gasteiger partial charge in [-0.25, -0.2) is 9.97 Å². The van der Waals surface area contributed by atoms with Gasteiger partial charge in [0.15, 0.2) is 0 Å². The molecular weight excluding hydrogens is 502 g/mol. The molecule has 11 heteroatoms. The fourth-order valence-electron chi connectivity index (χ4n) is 4.69. The molecule has 0 saturated heterocycles. The highest BCUT2D eigenvalue weighted by molar-refractivity contribution is 7.13. The average molecular weight is 546 g/mol. The number of benzene rings is 1. The van der Waals surface area contributed by atoms with E-state index >= 15 is 0 Å². The van der Waals surface area contributed by atoms with Gasteiger partial charge in [0.25, 0.3) is 5.56 Å². The van der Waals surface area contributed by atoms with Crippen molar-refractivity contribution >= 4 is 21.6 Å². The molecule has 4 rings (SSSR count). The van der Waals surface area contributed by atoms with E-state index in [2.05, 4.69) is 50.7 Å². The third kappa shape index (κ3) is 8.34. The molecule has 3 heterocycles. The summed E-state index contributed by atoms with van der Waals surface area (Å²) in [6.07, 6.45) is 12.0. The number of H-pyrrole nitrogens is 1. The van der Waals surface area contributed by atoms with Gasteiger partial charge in [0.2, 0.25) is 0 Å². The molecule has 4 aromatic rings. The lowest BCUT2D eigenvalue weighted by Gasteiger charge is -2.21. The van der Waals surface area contributed by atoms with Crippen LogP contribution in [0.25, 0.3) is 10.1 Å². The van der Waals surface area contributed by atoms with E-state index in [0.717, 1.165) is 67.3 Å². The molecule has 0 atom stereocenters. The van der Waals surface area contributed by atoms with Gasteiger partial charge < -0.3 is 25.4 Å². The number of hydrogen-bond acceptors (Lipinski definition) is 6. The number of aryl methyl sites for hydroxylation is 2. The maximum Gasteiger partial charge on any atom is 0.268 e. The van der Waals surface area contributed by atoms with Gasteiger partial charge >= 0.3 is 0 Å². The second-order valence-corrected chi connectivity index (χ2v) is 10.6. The van der Waals surface area contributed by atoms with Crippen molar-refractivity contribution in [1.29, 1.82) is 0 Å². The molecule has 38 heavy (non-hydrogen) atoms. The largest absolute Gasteiger partial charge is 0.412 e.